The van der Waals surface area contributed by atoms with E-state index in [2.05, 4.69) is 35.6 Å². The lowest BCUT2D eigenvalue weighted by Gasteiger charge is -2.31. The summed E-state index contributed by atoms with van der Waals surface area (Å²) in [7, 11) is 1.36. The van der Waals surface area contributed by atoms with Crippen molar-refractivity contribution in [2.45, 2.75) is 19.3 Å². The largest absolute Gasteiger partial charge is 0.469 e. The molecule has 29 heavy (non-hydrogen) atoms. The molecule has 0 unspecified atom stereocenters. The molecule has 10 heteroatoms. The lowest BCUT2D eigenvalue weighted by molar-refractivity contribution is -0.139. The van der Waals surface area contributed by atoms with E-state index in [0.29, 0.717) is 5.65 Å². The molecular formula is C19H21N7O3. The van der Waals surface area contributed by atoms with Gasteiger partial charge in [-0.1, -0.05) is 12.1 Å². The molecular weight excluding hydrogens is 374 g/mol. The van der Waals surface area contributed by atoms with Crippen molar-refractivity contribution in [2.24, 2.45) is 5.92 Å². The second-order valence-electron chi connectivity index (χ2n) is 6.92. The molecule has 0 spiro atoms. The Morgan fingerprint density at radius 1 is 1.14 bits per heavy atom. The van der Waals surface area contributed by atoms with Crippen LogP contribution < -0.4 is 10.2 Å². The van der Waals surface area contributed by atoms with Gasteiger partial charge in [-0.15, -0.1) is 14.8 Å². The predicted molar refractivity (Wildman–Crippen MR) is 104 cm³/mol. The summed E-state index contributed by atoms with van der Waals surface area (Å²) in [5.41, 5.74) is 2.16. The molecule has 1 amide bonds. The lowest BCUT2D eigenvalue weighted by Crippen LogP contribution is -2.38. The molecule has 0 radical (unpaired) electrons. The van der Waals surface area contributed by atoms with Gasteiger partial charge in [0.2, 0.25) is 5.91 Å². The number of carbonyl (C=O) groups excluding carboxylic acids is 2. The van der Waals surface area contributed by atoms with Gasteiger partial charge in [0.25, 0.3) is 0 Å². The van der Waals surface area contributed by atoms with Gasteiger partial charge < -0.3 is 15.0 Å². The molecule has 1 aliphatic heterocycles. The van der Waals surface area contributed by atoms with Crippen LogP contribution in [0.1, 0.15) is 18.4 Å². The first-order chi connectivity index (χ1) is 14.1. The van der Waals surface area contributed by atoms with E-state index < -0.39 is 0 Å². The Balaban J connectivity index is 1.31. The number of nitrogens with one attached hydrogen (secondary N) is 1. The molecule has 150 valence electrons. The molecule has 0 saturated carbocycles. The van der Waals surface area contributed by atoms with Crippen LogP contribution in [-0.4, -0.2) is 57.3 Å². The summed E-state index contributed by atoms with van der Waals surface area (Å²) in [6, 6.07) is 11.0. The van der Waals surface area contributed by atoms with Crippen LogP contribution in [0.3, 0.4) is 0 Å². The maximum absolute atomic E-state index is 12.6. The van der Waals surface area contributed by atoms with Gasteiger partial charge in [-0.25, -0.2) is 0 Å². The quantitative estimate of drug-likeness (QED) is 0.639. The fraction of sp³-hybridized carbons (Fsp3) is 0.368. The molecule has 10 nitrogen and oxygen atoms in total. The third kappa shape index (κ3) is 4.31. The zero-order chi connectivity index (χ0) is 20.2. The fourth-order valence-corrected chi connectivity index (χ4v) is 3.37. The summed E-state index contributed by atoms with van der Waals surface area (Å²) in [6.45, 7) is 1.47. The van der Waals surface area contributed by atoms with Crippen molar-refractivity contribution in [3.8, 4) is 0 Å². The third-order valence-corrected chi connectivity index (χ3v) is 5.04. The first-order valence-electron chi connectivity index (χ1n) is 9.39. The second kappa shape index (κ2) is 8.21. The fourth-order valence-electron chi connectivity index (χ4n) is 3.37. The Kier molecular flexibility index (Phi) is 5.32. The van der Waals surface area contributed by atoms with Gasteiger partial charge in [0.15, 0.2) is 11.5 Å². The summed E-state index contributed by atoms with van der Waals surface area (Å²) in [4.78, 5) is 26.1. The topological polar surface area (TPSA) is 115 Å². The van der Waals surface area contributed by atoms with Crippen LogP contribution >= 0.6 is 0 Å². The minimum absolute atomic E-state index is 0.00857. The first-order valence-corrected chi connectivity index (χ1v) is 9.39. The zero-order valence-electron chi connectivity index (χ0n) is 16.0. The Morgan fingerprint density at radius 3 is 2.62 bits per heavy atom. The first kappa shape index (κ1) is 18.8. The molecule has 0 atom stereocenters. The van der Waals surface area contributed by atoms with Gasteiger partial charge in [-0.2, -0.15) is 0 Å². The van der Waals surface area contributed by atoms with Crippen molar-refractivity contribution in [1.29, 1.82) is 0 Å². The van der Waals surface area contributed by atoms with E-state index in [1.54, 1.807) is 12.1 Å². The number of methoxy groups -OCH3 is 1. The van der Waals surface area contributed by atoms with Crippen LogP contribution in [0.15, 0.2) is 36.4 Å². The second-order valence-corrected chi connectivity index (χ2v) is 6.92. The number of piperidine rings is 1. The number of hydrogen-bond acceptors (Lipinski definition) is 8. The van der Waals surface area contributed by atoms with Gasteiger partial charge in [-0.3, -0.25) is 9.59 Å². The number of amides is 1. The molecule has 2 aromatic heterocycles. The van der Waals surface area contributed by atoms with Crippen LogP contribution in [0, 0.1) is 5.92 Å². The molecule has 3 aromatic rings. The van der Waals surface area contributed by atoms with Crippen LogP contribution in [0.2, 0.25) is 0 Å². The van der Waals surface area contributed by atoms with E-state index >= 15 is 0 Å². The molecule has 1 aliphatic rings. The van der Waals surface area contributed by atoms with Crippen molar-refractivity contribution >= 4 is 29.0 Å². The predicted octanol–water partition coefficient (Wildman–Crippen LogP) is 1.09. The van der Waals surface area contributed by atoms with Gasteiger partial charge >= 0.3 is 5.97 Å². The number of anilines is 2. The molecule has 0 bridgehead atoms. The van der Waals surface area contributed by atoms with E-state index in [1.165, 1.54) is 11.7 Å². The highest BCUT2D eigenvalue weighted by Gasteiger charge is 2.26. The van der Waals surface area contributed by atoms with Crippen molar-refractivity contribution in [1.82, 2.24) is 25.3 Å². The number of aromatic nitrogens is 5. The number of benzene rings is 1. The Bertz CT molecular complexity index is 1010. The smallest absolute Gasteiger partial charge is 0.309 e. The number of nitrogens with zero attached hydrogens (tertiary/aromatic N) is 6. The normalized spacial score (nSPS) is 14.7. The van der Waals surface area contributed by atoms with Crippen LogP contribution in [0.4, 0.5) is 11.5 Å². The molecule has 0 aliphatic carbocycles. The van der Waals surface area contributed by atoms with Gasteiger partial charge in [-0.05, 0) is 53.1 Å². The van der Waals surface area contributed by atoms with E-state index in [0.717, 1.165) is 43.0 Å². The highest BCUT2D eigenvalue weighted by Crippen LogP contribution is 2.23. The summed E-state index contributed by atoms with van der Waals surface area (Å²) >= 11 is 0. The summed E-state index contributed by atoms with van der Waals surface area (Å²) in [6.07, 6.45) is 1.69. The minimum Gasteiger partial charge on any atom is -0.469 e. The van der Waals surface area contributed by atoms with Crippen LogP contribution in [-0.2, 0) is 20.7 Å². The summed E-state index contributed by atoms with van der Waals surface area (Å²) < 4.78 is 6.06. The van der Waals surface area contributed by atoms with Crippen molar-refractivity contribution in [3.05, 3.63) is 42.0 Å². The van der Waals surface area contributed by atoms with E-state index in [1.807, 2.05) is 24.3 Å². The lowest BCUT2D eigenvalue weighted by atomic mass is 9.95. The highest BCUT2D eigenvalue weighted by atomic mass is 16.5. The highest BCUT2D eigenvalue weighted by molar-refractivity contribution is 5.92. The molecule has 1 N–H and O–H groups in total. The van der Waals surface area contributed by atoms with Crippen molar-refractivity contribution in [3.63, 3.8) is 0 Å². The van der Waals surface area contributed by atoms with Gasteiger partial charge in [0.05, 0.1) is 13.5 Å². The number of fused-ring (bicyclic) bond motifs is 1. The molecule has 3 heterocycles. The monoisotopic (exact) mass is 395 g/mol. The summed E-state index contributed by atoms with van der Waals surface area (Å²) in [5.74, 6) is 0.458. The number of rotatable bonds is 5. The molecule has 1 fully saturated rings. The number of hydrogen-bond donors (Lipinski definition) is 1. The maximum atomic E-state index is 12.6. The Hall–Kier alpha value is -3.56. The average Bonchev–Trinajstić information content (AvgIpc) is 3.23. The number of esters is 1. The molecule has 4 rings (SSSR count). The van der Waals surface area contributed by atoms with Crippen LogP contribution in [0.5, 0.6) is 0 Å². The van der Waals surface area contributed by atoms with E-state index in [9.17, 15) is 9.59 Å². The zero-order valence-corrected chi connectivity index (χ0v) is 16.0. The Morgan fingerprint density at radius 2 is 1.90 bits per heavy atom. The number of tetrazole rings is 1. The SMILES string of the molecule is COC(=O)Cc1ccc(NC(=O)C2CCN(c3ccc4nnnn4n3)CC2)cc1. The average molecular weight is 395 g/mol. The molecule has 1 saturated heterocycles. The van der Waals surface area contributed by atoms with Gasteiger partial charge in [0.1, 0.15) is 0 Å². The Labute approximate surface area is 166 Å². The standard InChI is InChI=1S/C19H21N7O3/c1-29-18(27)12-13-2-4-15(5-3-13)20-19(28)14-8-10-25(11-9-14)17-7-6-16-21-23-24-26(16)22-17/h2-7,14H,8-12H2,1H3,(H,20,28). The van der Waals surface area contributed by atoms with Gasteiger partial charge in [0, 0.05) is 24.7 Å². The van der Waals surface area contributed by atoms with E-state index in [4.69, 9.17) is 0 Å². The molecule has 1 aromatic carbocycles. The minimum atomic E-state index is -0.290. The third-order valence-electron chi connectivity index (χ3n) is 5.04. The number of carbonyl (C=O) groups is 2. The van der Waals surface area contributed by atoms with Crippen LogP contribution in [0.25, 0.3) is 5.65 Å². The van der Waals surface area contributed by atoms with Crippen molar-refractivity contribution in [2.75, 3.05) is 30.4 Å². The van der Waals surface area contributed by atoms with Crippen molar-refractivity contribution < 1.29 is 14.3 Å². The maximum Gasteiger partial charge on any atom is 0.309 e. The number of ether oxygens (including phenoxy) is 1. The summed E-state index contributed by atoms with van der Waals surface area (Å²) in [5, 5.41) is 18.6. The van der Waals surface area contributed by atoms with E-state index in [-0.39, 0.29) is 24.2 Å².